The normalized spacial score (nSPS) is 19.0. The number of nitrogen functional groups attached to an aromatic ring is 1. The molecule has 3 N–H and O–H groups in total. The first kappa shape index (κ1) is 17.8. The molecule has 3 aromatic rings. The number of carbonyl (C=O) groups excluding carboxylic acids is 1. The van der Waals surface area contributed by atoms with Gasteiger partial charge in [-0.15, -0.1) is 0 Å². The van der Waals surface area contributed by atoms with Crippen LogP contribution in [0.1, 0.15) is 17.5 Å². The van der Waals surface area contributed by atoms with Crippen LogP contribution in [-0.4, -0.2) is 55.0 Å². The Morgan fingerprint density at radius 2 is 2.11 bits per heavy atom. The van der Waals surface area contributed by atoms with Crippen LogP contribution in [0.5, 0.6) is 0 Å². The summed E-state index contributed by atoms with van der Waals surface area (Å²) in [6.07, 6.45) is 3.26. The van der Waals surface area contributed by atoms with Crippen LogP contribution in [-0.2, 0) is 4.79 Å². The Labute approximate surface area is 161 Å². The monoisotopic (exact) mass is 374 g/mol. The Bertz CT molecular complexity index is 1170. The van der Waals surface area contributed by atoms with E-state index in [9.17, 15) is 9.90 Å². The van der Waals surface area contributed by atoms with Crippen molar-refractivity contribution in [1.29, 1.82) is 0 Å². The lowest BCUT2D eigenvalue weighted by Crippen LogP contribution is -2.37. The molecule has 0 aliphatic carbocycles. The Morgan fingerprint density at radius 1 is 1.29 bits per heavy atom. The van der Waals surface area contributed by atoms with Gasteiger partial charge in [-0.25, -0.2) is 19.9 Å². The van der Waals surface area contributed by atoms with Crippen molar-refractivity contribution >= 4 is 22.8 Å². The van der Waals surface area contributed by atoms with Crippen molar-refractivity contribution in [1.82, 2.24) is 24.8 Å². The van der Waals surface area contributed by atoms with Gasteiger partial charge in [-0.05, 0) is 24.6 Å². The second-order valence-electron chi connectivity index (χ2n) is 6.80. The van der Waals surface area contributed by atoms with E-state index >= 15 is 0 Å². The van der Waals surface area contributed by atoms with E-state index in [4.69, 9.17) is 5.73 Å². The van der Waals surface area contributed by atoms with Crippen molar-refractivity contribution < 1.29 is 9.90 Å². The lowest BCUT2D eigenvalue weighted by atomic mass is 10.0. The average molecular weight is 374 g/mol. The first-order valence-corrected chi connectivity index (χ1v) is 8.73. The van der Waals surface area contributed by atoms with Crippen molar-refractivity contribution in [3.05, 3.63) is 41.9 Å². The van der Waals surface area contributed by atoms with Crippen molar-refractivity contribution in [3.63, 3.8) is 0 Å². The number of aromatic nitrogens is 4. The molecule has 8 nitrogen and oxygen atoms in total. The predicted molar refractivity (Wildman–Crippen MR) is 104 cm³/mol. The zero-order chi connectivity index (χ0) is 19.9. The number of nitrogens with zero attached hydrogens (tertiary/aromatic N) is 5. The quantitative estimate of drug-likeness (QED) is 0.608. The Kier molecular flexibility index (Phi) is 4.17. The van der Waals surface area contributed by atoms with Crippen molar-refractivity contribution in [3.8, 4) is 23.2 Å². The Morgan fingerprint density at radius 3 is 2.86 bits per heavy atom. The van der Waals surface area contributed by atoms with Crippen LogP contribution in [0.3, 0.4) is 0 Å². The minimum atomic E-state index is -1.63. The molecule has 1 amide bonds. The molecule has 1 fully saturated rings. The number of rotatable bonds is 1. The second kappa shape index (κ2) is 6.55. The van der Waals surface area contributed by atoms with Gasteiger partial charge in [0, 0.05) is 31.1 Å². The fourth-order valence-corrected chi connectivity index (χ4v) is 3.09. The third-order valence-electron chi connectivity index (χ3n) is 4.81. The number of likely N-dealkylation sites (N-methyl/N-ethyl adjacent to an activating group) is 1. The molecule has 1 aliphatic heterocycles. The molecular weight excluding hydrogens is 356 g/mol. The van der Waals surface area contributed by atoms with Crippen LogP contribution in [0.15, 0.2) is 30.7 Å². The zero-order valence-corrected chi connectivity index (χ0v) is 15.5. The summed E-state index contributed by atoms with van der Waals surface area (Å²) in [6.45, 7) is 2.42. The van der Waals surface area contributed by atoms with Gasteiger partial charge in [0.25, 0.3) is 5.91 Å². The lowest BCUT2D eigenvalue weighted by molar-refractivity contribution is -0.137. The first-order valence-electron chi connectivity index (χ1n) is 8.73. The molecule has 1 aromatic carbocycles. The predicted octanol–water partition coefficient (Wildman–Crippen LogP) is 0.922. The van der Waals surface area contributed by atoms with Gasteiger partial charge in [-0.2, -0.15) is 0 Å². The van der Waals surface area contributed by atoms with Gasteiger partial charge < -0.3 is 15.7 Å². The molecule has 3 heterocycles. The number of nitrogens with two attached hydrogens (primary N) is 1. The second-order valence-corrected chi connectivity index (χ2v) is 6.80. The minimum absolute atomic E-state index is 0.285. The molecule has 1 saturated heterocycles. The number of anilines is 1. The summed E-state index contributed by atoms with van der Waals surface area (Å²) >= 11 is 0. The highest BCUT2D eigenvalue weighted by atomic mass is 16.3. The molecule has 140 valence electrons. The fraction of sp³-hybridized carbons (Fsp3) is 0.250. The maximum atomic E-state index is 12.1. The minimum Gasteiger partial charge on any atom is -0.382 e. The molecule has 1 unspecified atom stereocenters. The van der Waals surface area contributed by atoms with Gasteiger partial charge in [0.15, 0.2) is 11.6 Å². The standard InChI is InChI=1S/C20H18N6O2/c1-12-3-4-13(5-6-20(28)7-8-26(2)19(20)27)9-14(12)18-22-10-15-16(25-18)17(21)24-11-23-15/h3-4,9-11,28H,7-8H2,1-2H3,(H2,21,23,24). The highest BCUT2D eigenvalue weighted by molar-refractivity contribution is 5.90. The van der Waals surface area contributed by atoms with Gasteiger partial charge in [0.05, 0.1) is 6.20 Å². The van der Waals surface area contributed by atoms with Gasteiger partial charge >= 0.3 is 0 Å². The van der Waals surface area contributed by atoms with Gasteiger partial charge in [-0.1, -0.05) is 17.9 Å². The third kappa shape index (κ3) is 3.02. The molecule has 4 rings (SSSR count). The van der Waals surface area contributed by atoms with Crippen LogP contribution < -0.4 is 5.73 Å². The highest BCUT2D eigenvalue weighted by Crippen LogP contribution is 2.25. The van der Waals surface area contributed by atoms with E-state index in [2.05, 4.69) is 31.8 Å². The van der Waals surface area contributed by atoms with Crippen LogP contribution in [0.2, 0.25) is 0 Å². The molecule has 0 radical (unpaired) electrons. The number of amides is 1. The first-order chi connectivity index (χ1) is 13.4. The summed E-state index contributed by atoms with van der Waals surface area (Å²) < 4.78 is 0. The van der Waals surface area contributed by atoms with E-state index in [1.54, 1.807) is 13.2 Å². The summed E-state index contributed by atoms with van der Waals surface area (Å²) in [6, 6.07) is 5.55. The SMILES string of the molecule is Cc1ccc(C#CC2(O)CCN(C)C2=O)cc1-c1ncc2ncnc(N)c2n1. The number of benzene rings is 1. The molecule has 1 aliphatic rings. The van der Waals surface area contributed by atoms with Gasteiger partial charge in [0.1, 0.15) is 17.4 Å². The van der Waals surface area contributed by atoms with Crippen LogP contribution in [0.4, 0.5) is 5.82 Å². The molecule has 8 heteroatoms. The summed E-state index contributed by atoms with van der Waals surface area (Å²) in [5.41, 5.74) is 7.70. The zero-order valence-electron chi connectivity index (χ0n) is 15.5. The number of likely N-dealkylation sites (tertiary alicyclic amines) is 1. The fourth-order valence-electron chi connectivity index (χ4n) is 3.09. The average Bonchev–Trinajstić information content (AvgIpc) is 2.95. The van der Waals surface area contributed by atoms with E-state index in [0.717, 1.165) is 11.1 Å². The molecule has 2 aromatic heterocycles. The van der Waals surface area contributed by atoms with Gasteiger partial charge in [-0.3, -0.25) is 4.79 Å². The largest absolute Gasteiger partial charge is 0.382 e. The Balaban J connectivity index is 1.74. The van der Waals surface area contributed by atoms with Crippen LogP contribution in [0, 0.1) is 18.8 Å². The van der Waals surface area contributed by atoms with E-state index < -0.39 is 5.60 Å². The maximum Gasteiger partial charge on any atom is 0.267 e. The Hall–Kier alpha value is -3.57. The number of aryl methyl sites for hydroxylation is 1. The van der Waals surface area contributed by atoms with E-state index in [0.29, 0.717) is 35.4 Å². The van der Waals surface area contributed by atoms with Crippen LogP contribution in [0.25, 0.3) is 22.4 Å². The molecule has 28 heavy (non-hydrogen) atoms. The number of hydrogen-bond donors (Lipinski definition) is 2. The molecular formula is C20H18N6O2. The molecule has 0 saturated carbocycles. The highest BCUT2D eigenvalue weighted by Gasteiger charge is 2.42. The van der Waals surface area contributed by atoms with Crippen LogP contribution >= 0.6 is 0 Å². The van der Waals surface area contributed by atoms with Crippen molar-refractivity contribution in [2.45, 2.75) is 18.9 Å². The van der Waals surface area contributed by atoms with Gasteiger partial charge in [0.2, 0.25) is 5.60 Å². The molecule has 0 bridgehead atoms. The number of aliphatic hydroxyl groups is 1. The third-order valence-corrected chi connectivity index (χ3v) is 4.81. The van der Waals surface area contributed by atoms with Crippen molar-refractivity contribution in [2.75, 3.05) is 19.3 Å². The summed E-state index contributed by atoms with van der Waals surface area (Å²) in [7, 11) is 1.65. The summed E-state index contributed by atoms with van der Waals surface area (Å²) in [5.74, 6) is 6.02. The maximum absolute atomic E-state index is 12.1. The van der Waals surface area contributed by atoms with E-state index in [1.165, 1.54) is 11.2 Å². The lowest BCUT2D eigenvalue weighted by Gasteiger charge is -2.13. The smallest absolute Gasteiger partial charge is 0.267 e. The van der Waals surface area contributed by atoms with E-state index in [-0.39, 0.29) is 11.7 Å². The number of fused-ring (bicyclic) bond motifs is 1. The topological polar surface area (TPSA) is 118 Å². The summed E-state index contributed by atoms with van der Waals surface area (Å²) in [5, 5.41) is 10.5. The van der Waals surface area contributed by atoms with Crippen molar-refractivity contribution in [2.24, 2.45) is 0 Å². The number of carbonyl (C=O) groups is 1. The summed E-state index contributed by atoms with van der Waals surface area (Å²) in [4.78, 5) is 30.5. The van der Waals surface area contributed by atoms with E-state index in [1.807, 2.05) is 25.1 Å². The molecule has 1 atom stereocenters. The number of hydrogen-bond acceptors (Lipinski definition) is 7. The molecule has 0 spiro atoms.